The van der Waals surface area contributed by atoms with Gasteiger partial charge in [-0.3, -0.25) is 5.32 Å². The number of oxazole rings is 1. The maximum Gasteiger partial charge on any atom is 0.209 e. The van der Waals surface area contributed by atoms with Gasteiger partial charge in [-0.25, -0.2) is 14.1 Å². The third-order valence-electron chi connectivity index (χ3n) is 11.5. The van der Waals surface area contributed by atoms with Crippen molar-refractivity contribution < 1.29 is 19.0 Å². The maximum atomic E-state index is 13.6. The molecule has 0 saturated heterocycles. The lowest BCUT2D eigenvalue weighted by molar-refractivity contribution is -0.180. The molecule has 2 heterocycles. The van der Waals surface area contributed by atoms with Gasteiger partial charge in [0.15, 0.2) is 5.58 Å². The molecule has 42 heavy (non-hydrogen) atoms. The van der Waals surface area contributed by atoms with E-state index < -0.39 is 17.2 Å². The summed E-state index contributed by atoms with van der Waals surface area (Å²) in [6, 6.07) is 14.2. The number of rotatable bonds is 4. The van der Waals surface area contributed by atoms with Crippen LogP contribution < -0.4 is 5.32 Å². The molecule has 3 N–H and O–H groups in total. The minimum atomic E-state index is -1.11. The van der Waals surface area contributed by atoms with E-state index in [0.29, 0.717) is 37.1 Å². The van der Waals surface area contributed by atoms with E-state index in [-0.39, 0.29) is 17.2 Å². The van der Waals surface area contributed by atoms with Gasteiger partial charge in [0.2, 0.25) is 5.89 Å². The Bertz CT molecular complexity index is 1680. The van der Waals surface area contributed by atoms with E-state index in [1.54, 1.807) is 12.1 Å². The van der Waals surface area contributed by atoms with E-state index in [1.165, 1.54) is 17.7 Å². The third kappa shape index (κ3) is 3.68. The number of hydrogen-bond acceptors (Lipinski definition) is 6. The van der Waals surface area contributed by atoms with Crippen molar-refractivity contribution in [1.82, 2.24) is 20.1 Å². The lowest BCUT2D eigenvalue weighted by Crippen LogP contribution is -2.63. The summed E-state index contributed by atoms with van der Waals surface area (Å²) in [6.07, 6.45) is 8.54. The molecule has 4 aliphatic carbocycles. The lowest BCUT2D eigenvalue weighted by atomic mass is 9.46. The summed E-state index contributed by atoms with van der Waals surface area (Å²) in [5.41, 5.74) is 4.22. The van der Waals surface area contributed by atoms with Crippen LogP contribution in [-0.2, 0) is 13.0 Å². The van der Waals surface area contributed by atoms with E-state index in [2.05, 4.69) is 35.3 Å². The quantitative estimate of drug-likeness (QED) is 0.270. The first-order valence-corrected chi connectivity index (χ1v) is 15.2. The van der Waals surface area contributed by atoms with Gasteiger partial charge in [-0.2, -0.15) is 5.10 Å². The van der Waals surface area contributed by atoms with Crippen LogP contribution in [0.3, 0.4) is 0 Å². The first kappa shape index (κ1) is 26.3. The van der Waals surface area contributed by atoms with Crippen molar-refractivity contribution in [2.45, 2.75) is 70.7 Å². The molecule has 3 saturated carbocycles. The van der Waals surface area contributed by atoms with E-state index in [9.17, 15) is 14.6 Å². The van der Waals surface area contributed by atoms with Gasteiger partial charge in [0.1, 0.15) is 17.1 Å². The molecule has 2 aromatic heterocycles. The van der Waals surface area contributed by atoms with Crippen LogP contribution in [0.2, 0.25) is 0 Å². The van der Waals surface area contributed by atoms with Crippen molar-refractivity contribution in [3.63, 3.8) is 0 Å². The summed E-state index contributed by atoms with van der Waals surface area (Å²) in [5, 5.41) is 32.2. The van der Waals surface area contributed by atoms with Crippen molar-refractivity contribution in [2.24, 2.45) is 28.6 Å². The molecule has 0 bridgehead atoms. The Morgan fingerprint density at radius 2 is 1.93 bits per heavy atom. The Labute approximate surface area is 244 Å². The van der Waals surface area contributed by atoms with Gasteiger partial charge < -0.3 is 14.6 Å². The summed E-state index contributed by atoms with van der Waals surface area (Å²) in [4.78, 5) is 4.59. The van der Waals surface area contributed by atoms with Crippen LogP contribution in [0.5, 0.6) is 0 Å². The molecule has 8 heteroatoms. The Morgan fingerprint density at radius 1 is 1.12 bits per heavy atom. The van der Waals surface area contributed by atoms with Crippen molar-refractivity contribution >= 4 is 17.2 Å². The fourth-order valence-electron chi connectivity index (χ4n) is 9.49. The highest BCUT2D eigenvalue weighted by molar-refractivity contribution is 5.72. The number of nitrogens with zero attached hydrogens (tertiary/aromatic N) is 3. The first-order valence-electron chi connectivity index (χ1n) is 15.2. The Balaban J connectivity index is 1.07. The fourth-order valence-corrected chi connectivity index (χ4v) is 9.49. The van der Waals surface area contributed by atoms with E-state index in [0.717, 1.165) is 53.7 Å². The molecule has 7 atom stereocenters. The highest BCUT2D eigenvalue weighted by Gasteiger charge is 2.66. The number of hydrogen-bond donors (Lipinski definition) is 3. The maximum absolute atomic E-state index is 13.6. The highest BCUT2D eigenvalue weighted by Crippen LogP contribution is 2.67. The molecule has 0 amide bonds. The number of aromatic nitrogens is 3. The topological polar surface area (TPSA) is 96.3 Å². The minimum absolute atomic E-state index is 0.109. The Kier molecular flexibility index (Phi) is 5.69. The van der Waals surface area contributed by atoms with Crippen LogP contribution in [0, 0.1) is 34.4 Å². The standard InChI is InChI=1S/C34H37FN4O3/c1-32-16-20-18-37-39(23-10-8-22(35)9-11-23)27(20)15-21(32)7-12-24-25-13-14-34(41,33(25,2)17-28(40)31(24)32)36-19-30-38-26-5-3-4-6-29(26)42-30/h3-6,8-11,15,18,24-25,28,31,36,40-41H,7,12-14,16-17,19H2,1-2H3/t24?,25?,28-,31?,32?,33?,34+/m0/s1. The van der Waals surface area contributed by atoms with Crippen LogP contribution in [0.25, 0.3) is 22.9 Å². The van der Waals surface area contributed by atoms with Crippen molar-refractivity contribution in [1.29, 1.82) is 0 Å². The van der Waals surface area contributed by atoms with Gasteiger partial charge in [0.25, 0.3) is 0 Å². The Morgan fingerprint density at radius 3 is 2.74 bits per heavy atom. The molecular formula is C34H37FN4O3. The van der Waals surface area contributed by atoms with E-state index in [1.807, 2.05) is 35.1 Å². The first-order chi connectivity index (χ1) is 20.2. The van der Waals surface area contributed by atoms with Crippen molar-refractivity contribution in [2.75, 3.05) is 0 Å². The second-order valence-corrected chi connectivity index (χ2v) is 13.6. The molecule has 2 aromatic carbocycles. The number of aliphatic hydroxyl groups is 2. The predicted octanol–water partition coefficient (Wildman–Crippen LogP) is 5.78. The molecule has 5 unspecified atom stereocenters. The van der Waals surface area contributed by atoms with Gasteiger partial charge in [-0.05, 0) is 110 Å². The summed E-state index contributed by atoms with van der Waals surface area (Å²) >= 11 is 0. The second kappa shape index (κ2) is 9.09. The normalized spacial score (nSPS) is 35.3. The number of para-hydroxylation sites is 2. The number of aliphatic hydroxyl groups excluding tert-OH is 1. The summed E-state index contributed by atoms with van der Waals surface area (Å²) in [5.74, 6) is 1.02. The fraction of sp³-hybridized carbons (Fsp3) is 0.471. The van der Waals surface area contributed by atoms with Gasteiger partial charge >= 0.3 is 0 Å². The van der Waals surface area contributed by atoms with Crippen LogP contribution in [-0.4, -0.2) is 36.8 Å². The van der Waals surface area contributed by atoms with Crippen LogP contribution >= 0.6 is 0 Å². The zero-order chi connectivity index (χ0) is 28.9. The average Bonchev–Trinajstić information content (AvgIpc) is 3.64. The molecule has 3 fully saturated rings. The molecule has 0 spiro atoms. The highest BCUT2D eigenvalue weighted by atomic mass is 19.1. The van der Waals surface area contributed by atoms with Crippen molar-refractivity contribution in [3.8, 4) is 5.69 Å². The van der Waals surface area contributed by atoms with Crippen molar-refractivity contribution in [3.05, 3.63) is 83.3 Å². The Hall–Kier alpha value is -3.33. The minimum Gasteiger partial charge on any atom is -0.439 e. The molecule has 218 valence electrons. The molecular weight excluding hydrogens is 531 g/mol. The van der Waals surface area contributed by atoms with E-state index >= 15 is 0 Å². The molecule has 8 rings (SSSR count). The SMILES string of the molecule is CC12Cc3cnn(-c4ccc(F)cc4)c3C=C1CCC1C2[C@@H](O)CC2(C)C1CC[C@]2(O)NCc1nc2ccccc2o1. The molecule has 0 radical (unpaired) electrons. The van der Waals surface area contributed by atoms with Crippen LogP contribution in [0.15, 0.2) is 64.7 Å². The summed E-state index contributed by atoms with van der Waals surface area (Å²) in [7, 11) is 0. The summed E-state index contributed by atoms with van der Waals surface area (Å²) in [6.45, 7) is 4.83. The number of allylic oxidation sites excluding steroid dienone is 1. The number of halogens is 1. The largest absolute Gasteiger partial charge is 0.439 e. The molecule has 4 aliphatic rings. The van der Waals surface area contributed by atoms with Crippen LogP contribution in [0.1, 0.15) is 63.1 Å². The second-order valence-electron chi connectivity index (χ2n) is 13.6. The summed E-state index contributed by atoms with van der Waals surface area (Å²) < 4.78 is 21.4. The predicted molar refractivity (Wildman–Crippen MR) is 157 cm³/mol. The monoisotopic (exact) mass is 568 g/mol. The number of nitrogens with one attached hydrogen (secondary N) is 1. The zero-order valence-electron chi connectivity index (χ0n) is 24.1. The average molecular weight is 569 g/mol. The molecule has 4 aromatic rings. The van der Waals surface area contributed by atoms with Crippen LogP contribution in [0.4, 0.5) is 4.39 Å². The smallest absolute Gasteiger partial charge is 0.209 e. The zero-order valence-corrected chi connectivity index (χ0v) is 24.1. The third-order valence-corrected chi connectivity index (χ3v) is 11.5. The van der Waals surface area contributed by atoms with Gasteiger partial charge in [-0.15, -0.1) is 0 Å². The molecule has 0 aliphatic heterocycles. The van der Waals surface area contributed by atoms with Gasteiger partial charge in [-0.1, -0.05) is 31.6 Å². The number of fused-ring (bicyclic) bond motifs is 7. The van der Waals surface area contributed by atoms with Gasteiger partial charge in [0.05, 0.1) is 30.2 Å². The number of benzene rings is 2. The van der Waals surface area contributed by atoms with Gasteiger partial charge in [0, 0.05) is 5.41 Å². The lowest BCUT2D eigenvalue weighted by Gasteiger charge is -2.60. The van der Waals surface area contributed by atoms with E-state index in [4.69, 9.17) is 4.42 Å². The molecule has 7 nitrogen and oxygen atoms in total.